The average molecular weight is 495 g/mol. The van der Waals surface area contributed by atoms with Gasteiger partial charge in [-0.15, -0.1) is 0 Å². The van der Waals surface area contributed by atoms with E-state index in [2.05, 4.69) is 50.8 Å². The molecule has 1 aliphatic heterocycles. The van der Waals surface area contributed by atoms with Gasteiger partial charge in [-0.1, -0.05) is 13.2 Å². The maximum Gasteiger partial charge on any atom is 0.241 e. The molecule has 3 rings (SSSR count). The van der Waals surface area contributed by atoms with Crippen molar-refractivity contribution in [3.63, 3.8) is 0 Å². The second kappa shape index (κ2) is 11.8. The molecular formula is C26H38N8O2. The Kier molecular flexibility index (Phi) is 8.78. The molecule has 194 valence electrons. The number of aliphatic imine (C=N–C) groups is 1. The lowest BCUT2D eigenvalue weighted by atomic mass is 10.1. The van der Waals surface area contributed by atoms with Crippen molar-refractivity contribution in [2.24, 2.45) is 12.0 Å². The van der Waals surface area contributed by atoms with Gasteiger partial charge < -0.3 is 40.2 Å². The van der Waals surface area contributed by atoms with Crippen LogP contribution in [-0.4, -0.2) is 73.0 Å². The molecule has 0 amide bonds. The summed E-state index contributed by atoms with van der Waals surface area (Å²) in [4.78, 5) is 13.5. The van der Waals surface area contributed by atoms with Gasteiger partial charge in [-0.25, -0.2) is 4.99 Å². The number of rotatable bonds is 11. The number of aliphatic hydroxyl groups excluding tert-OH is 1. The Morgan fingerprint density at radius 1 is 1.39 bits per heavy atom. The summed E-state index contributed by atoms with van der Waals surface area (Å²) >= 11 is 0. The number of pyridine rings is 1. The Morgan fingerprint density at radius 3 is 2.81 bits per heavy atom. The molecule has 3 heterocycles. The van der Waals surface area contributed by atoms with Crippen molar-refractivity contribution < 1.29 is 9.84 Å². The molecule has 0 fully saturated rings. The lowest BCUT2D eigenvalue weighted by Gasteiger charge is -2.25. The SMILES string of the molecule is C=CC(O)Nc1cc(N=C(C)NC(=C)c2cn(C)c3c2C=CNC3)c(OC)nc1N(C)CCN(C)C. The molecule has 1 atom stereocenters. The van der Waals surface area contributed by atoms with Crippen molar-refractivity contribution in [2.75, 3.05) is 51.6 Å². The van der Waals surface area contributed by atoms with Crippen LogP contribution in [0.4, 0.5) is 17.2 Å². The monoisotopic (exact) mass is 494 g/mol. The van der Waals surface area contributed by atoms with Crippen LogP contribution < -0.4 is 25.6 Å². The van der Waals surface area contributed by atoms with Crippen LogP contribution in [0.25, 0.3) is 11.8 Å². The second-order valence-corrected chi connectivity index (χ2v) is 8.97. The zero-order valence-electron chi connectivity index (χ0n) is 22.1. The Labute approximate surface area is 213 Å². The van der Waals surface area contributed by atoms with E-state index in [1.165, 1.54) is 11.8 Å². The molecule has 0 bridgehead atoms. The van der Waals surface area contributed by atoms with E-state index in [1.54, 1.807) is 7.11 Å². The Bertz CT molecular complexity index is 1170. The summed E-state index contributed by atoms with van der Waals surface area (Å²) in [6, 6.07) is 1.81. The van der Waals surface area contributed by atoms with Crippen LogP contribution in [0.3, 0.4) is 0 Å². The normalized spacial score (nSPS) is 13.6. The fraction of sp³-hybridized carbons (Fsp3) is 0.385. The molecule has 0 aromatic carbocycles. The topological polar surface area (TPSA) is 102 Å². The largest absolute Gasteiger partial charge is 0.479 e. The van der Waals surface area contributed by atoms with E-state index >= 15 is 0 Å². The first-order valence-electron chi connectivity index (χ1n) is 11.8. The molecule has 0 spiro atoms. The van der Waals surface area contributed by atoms with Gasteiger partial charge >= 0.3 is 0 Å². The molecule has 2 aromatic heterocycles. The molecule has 2 aromatic rings. The zero-order valence-corrected chi connectivity index (χ0v) is 22.1. The first kappa shape index (κ1) is 26.8. The highest BCUT2D eigenvalue weighted by Crippen LogP contribution is 2.35. The van der Waals surface area contributed by atoms with Gasteiger partial charge in [-0.2, -0.15) is 4.98 Å². The second-order valence-electron chi connectivity index (χ2n) is 8.97. The fourth-order valence-corrected chi connectivity index (χ4v) is 3.90. The molecule has 4 N–H and O–H groups in total. The van der Waals surface area contributed by atoms with Crippen LogP contribution in [0.5, 0.6) is 5.88 Å². The van der Waals surface area contributed by atoms with Gasteiger partial charge in [-0.3, -0.25) is 0 Å². The Balaban J connectivity index is 1.91. The van der Waals surface area contributed by atoms with E-state index in [9.17, 15) is 5.11 Å². The van der Waals surface area contributed by atoms with Crippen molar-refractivity contribution >= 4 is 34.8 Å². The van der Waals surface area contributed by atoms with Gasteiger partial charge in [0.15, 0.2) is 5.82 Å². The summed E-state index contributed by atoms with van der Waals surface area (Å²) in [5, 5.41) is 19.8. The van der Waals surface area contributed by atoms with Gasteiger partial charge in [0, 0.05) is 55.9 Å². The van der Waals surface area contributed by atoms with Crippen LogP contribution >= 0.6 is 0 Å². The van der Waals surface area contributed by atoms with Crippen molar-refractivity contribution in [3.05, 3.63) is 54.5 Å². The lowest BCUT2D eigenvalue weighted by Crippen LogP contribution is -2.30. The minimum atomic E-state index is -0.941. The summed E-state index contributed by atoms with van der Waals surface area (Å²) in [6.45, 7) is 12.1. The fourth-order valence-electron chi connectivity index (χ4n) is 3.90. The van der Waals surface area contributed by atoms with Crippen molar-refractivity contribution in [3.8, 4) is 5.88 Å². The quantitative estimate of drug-likeness (QED) is 0.164. The molecule has 1 unspecified atom stereocenters. The molecule has 10 heteroatoms. The Hall–Kier alpha value is -3.76. The number of aryl methyl sites for hydroxylation is 1. The molecule has 0 saturated carbocycles. The van der Waals surface area contributed by atoms with Gasteiger partial charge in [0.05, 0.1) is 19.3 Å². The maximum absolute atomic E-state index is 10.2. The van der Waals surface area contributed by atoms with Crippen LogP contribution in [0.1, 0.15) is 23.7 Å². The minimum absolute atomic E-state index is 0.373. The highest BCUT2D eigenvalue weighted by Gasteiger charge is 2.19. The van der Waals surface area contributed by atoms with Gasteiger partial charge in [0.1, 0.15) is 17.8 Å². The summed E-state index contributed by atoms with van der Waals surface area (Å²) in [7, 11) is 9.57. The number of nitrogens with zero attached hydrogens (tertiary/aromatic N) is 5. The van der Waals surface area contributed by atoms with Crippen molar-refractivity contribution in [1.82, 2.24) is 25.1 Å². The molecular weight excluding hydrogens is 456 g/mol. The number of likely N-dealkylation sites (N-methyl/N-ethyl adjacent to an activating group) is 2. The summed E-state index contributed by atoms with van der Waals surface area (Å²) in [5.41, 5.74) is 5.21. The molecule has 0 radical (unpaired) electrons. The van der Waals surface area contributed by atoms with E-state index in [0.717, 1.165) is 36.5 Å². The molecule has 36 heavy (non-hydrogen) atoms. The average Bonchev–Trinajstić information content (AvgIpc) is 3.19. The number of ether oxygens (including phenoxy) is 1. The standard InChI is InChI=1S/C26H38N8O2/c1-9-24(35)30-21-14-22(26(36-8)31-25(21)33(6)13-12-32(4)5)29-18(3)28-17(2)20-16-34(7)23-15-27-11-10-19(20)23/h9-11,14,16,24,27,30,35H,1-2,12-13,15H2,3-8H3,(H,28,29). The molecule has 1 aliphatic rings. The first-order chi connectivity index (χ1) is 17.1. The number of aromatic nitrogens is 2. The smallest absolute Gasteiger partial charge is 0.241 e. The number of anilines is 2. The Morgan fingerprint density at radius 2 is 2.14 bits per heavy atom. The predicted molar refractivity (Wildman–Crippen MR) is 149 cm³/mol. The summed E-state index contributed by atoms with van der Waals surface area (Å²) in [6.07, 6.45) is 6.53. The number of aliphatic hydroxyl groups is 1. The third-order valence-electron chi connectivity index (χ3n) is 5.84. The number of hydrogen-bond donors (Lipinski definition) is 4. The van der Waals surface area contributed by atoms with E-state index in [1.807, 2.05) is 52.3 Å². The number of methoxy groups -OCH3 is 1. The third-order valence-corrected chi connectivity index (χ3v) is 5.84. The maximum atomic E-state index is 10.2. The number of amidine groups is 1. The van der Waals surface area contributed by atoms with Crippen LogP contribution in [-0.2, 0) is 13.6 Å². The van der Waals surface area contributed by atoms with E-state index in [0.29, 0.717) is 28.9 Å². The molecule has 10 nitrogen and oxygen atoms in total. The van der Waals surface area contributed by atoms with E-state index in [-0.39, 0.29) is 0 Å². The summed E-state index contributed by atoms with van der Waals surface area (Å²) < 4.78 is 7.68. The summed E-state index contributed by atoms with van der Waals surface area (Å²) in [5.74, 6) is 1.64. The minimum Gasteiger partial charge on any atom is -0.479 e. The zero-order chi connectivity index (χ0) is 26.4. The number of nitrogens with one attached hydrogen (secondary N) is 3. The van der Waals surface area contributed by atoms with Gasteiger partial charge in [0.2, 0.25) is 5.88 Å². The lowest BCUT2D eigenvalue weighted by molar-refractivity contribution is 0.253. The highest BCUT2D eigenvalue weighted by atomic mass is 16.5. The van der Waals surface area contributed by atoms with E-state index in [4.69, 9.17) is 14.7 Å². The van der Waals surface area contributed by atoms with Crippen molar-refractivity contribution in [2.45, 2.75) is 19.7 Å². The molecule has 0 saturated heterocycles. The third kappa shape index (κ3) is 6.27. The van der Waals surface area contributed by atoms with Crippen molar-refractivity contribution in [1.29, 1.82) is 0 Å². The van der Waals surface area contributed by atoms with Gasteiger partial charge in [0.25, 0.3) is 0 Å². The first-order valence-corrected chi connectivity index (χ1v) is 11.8. The number of hydrogen-bond acceptors (Lipinski definition) is 8. The predicted octanol–water partition coefficient (Wildman–Crippen LogP) is 2.73. The van der Waals surface area contributed by atoms with Crippen LogP contribution in [0.2, 0.25) is 0 Å². The van der Waals surface area contributed by atoms with Crippen LogP contribution in [0.15, 0.2) is 42.7 Å². The van der Waals surface area contributed by atoms with E-state index < -0.39 is 6.23 Å². The van der Waals surface area contributed by atoms with Crippen LogP contribution in [0, 0.1) is 0 Å². The number of fused-ring (bicyclic) bond motifs is 1. The highest BCUT2D eigenvalue weighted by molar-refractivity contribution is 5.92. The van der Waals surface area contributed by atoms with Gasteiger partial charge in [-0.05, 0) is 45.4 Å². The molecule has 0 aliphatic carbocycles.